The van der Waals surface area contributed by atoms with Crippen molar-refractivity contribution in [3.05, 3.63) is 11.6 Å². The lowest BCUT2D eigenvalue weighted by atomic mass is 9.47. The van der Waals surface area contributed by atoms with Gasteiger partial charge in [0.05, 0.1) is 18.8 Å². The summed E-state index contributed by atoms with van der Waals surface area (Å²) in [4.78, 5) is 0. The summed E-state index contributed by atoms with van der Waals surface area (Å²) < 4.78 is 13.3. The maximum atomic E-state index is 10.3. The van der Waals surface area contributed by atoms with Gasteiger partial charge in [0.2, 0.25) is 0 Å². The molecule has 3 heteroatoms. The predicted octanol–water partition coefficient (Wildman–Crippen LogP) is 5.71. The molecule has 0 amide bonds. The molecule has 0 aromatic rings. The highest BCUT2D eigenvalue weighted by atomic mass is 16.7. The lowest BCUT2D eigenvalue weighted by Gasteiger charge is -2.58. The first kappa shape index (κ1) is 20.2. The normalized spacial score (nSPS) is 59.8. The van der Waals surface area contributed by atoms with Gasteiger partial charge in [-0.25, -0.2) is 0 Å². The van der Waals surface area contributed by atoms with Gasteiger partial charge in [0.25, 0.3) is 0 Å². The average molecular weight is 415 g/mol. The van der Waals surface area contributed by atoms with Crippen LogP contribution in [0.1, 0.15) is 85.5 Å². The zero-order valence-corrected chi connectivity index (χ0v) is 19.5. The summed E-state index contributed by atoms with van der Waals surface area (Å²) in [6.07, 6.45) is 13.5. The number of hydrogen-bond acceptors (Lipinski definition) is 3. The first-order valence-corrected chi connectivity index (χ1v) is 13.0. The summed E-state index contributed by atoms with van der Waals surface area (Å²) >= 11 is 0. The molecular weight excluding hydrogens is 372 g/mol. The summed E-state index contributed by atoms with van der Waals surface area (Å²) in [6, 6.07) is 0. The molecule has 7 unspecified atom stereocenters. The second-order valence-electron chi connectivity index (χ2n) is 12.7. The van der Waals surface area contributed by atoms with Gasteiger partial charge in [0.15, 0.2) is 5.79 Å². The molecule has 0 aromatic carbocycles. The summed E-state index contributed by atoms with van der Waals surface area (Å²) in [5.74, 6) is 3.94. The number of allylic oxidation sites excluding steroid dienone is 1. The summed E-state index contributed by atoms with van der Waals surface area (Å²) in [5.41, 5.74) is 2.31. The lowest BCUT2D eigenvalue weighted by molar-refractivity contribution is -0.272. The van der Waals surface area contributed by atoms with Crippen molar-refractivity contribution < 1.29 is 14.6 Å². The zero-order chi connectivity index (χ0) is 20.9. The second kappa shape index (κ2) is 6.58. The van der Waals surface area contributed by atoms with Crippen LogP contribution in [-0.4, -0.2) is 29.7 Å². The molecule has 4 aliphatic carbocycles. The van der Waals surface area contributed by atoms with Crippen molar-refractivity contribution in [1.82, 2.24) is 0 Å². The highest BCUT2D eigenvalue weighted by Gasteiger charge is 2.68. The fraction of sp³-hybridized carbons (Fsp3) is 0.926. The first-order valence-electron chi connectivity index (χ1n) is 13.0. The molecule has 30 heavy (non-hydrogen) atoms. The smallest absolute Gasteiger partial charge is 0.171 e. The van der Waals surface area contributed by atoms with E-state index < -0.39 is 0 Å². The molecule has 2 saturated heterocycles. The SMILES string of the molecule is CC1C2C(CC3C4CC=C5C[C@@H](O)CC[C@]5(C)C4CC[C@@]32C)OC12CC[C@H](C)CO2. The molecule has 2 aliphatic heterocycles. The minimum atomic E-state index is -0.294. The van der Waals surface area contributed by atoms with E-state index in [9.17, 15) is 5.11 Å². The molecule has 6 aliphatic rings. The fourth-order valence-electron chi connectivity index (χ4n) is 9.66. The van der Waals surface area contributed by atoms with Crippen molar-refractivity contribution in [1.29, 1.82) is 0 Å². The molecule has 1 spiro atoms. The Balaban J connectivity index is 1.28. The highest BCUT2D eigenvalue weighted by Crippen LogP contribution is 2.70. The third kappa shape index (κ3) is 2.55. The van der Waals surface area contributed by atoms with Crippen LogP contribution in [0.4, 0.5) is 0 Å². The Labute approximate surface area is 183 Å². The predicted molar refractivity (Wildman–Crippen MR) is 118 cm³/mol. The van der Waals surface area contributed by atoms with Crippen LogP contribution >= 0.6 is 0 Å². The molecule has 3 saturated carbocycles. The molecule has 3 nitrogen and oxygen atoms in total. The first-order chi connectivity index (χ1) is 14.3. The van der Waals surface area contributed by atoms with E-state index in [2.05, 4.69) is 33.8 Å². The molecule has 2 heterocycles. The van der Waals surface area contributed by atoms with E-state index >= 15 is 0 Å². The molecule has 6 rings (SSSR count). The number of rotatable bonds is 0. The van der Waals surface area contributed by atoms with Crippen LogP contribution in [-0.2, 0) is 9.47 Å². The maximum Gasteiger partial charge on any atom is 0.171 e. The minimum absolute atomic E-state index is 0.107. The number of aliphatic hydroxyl groups is 1. The summed E-state index contributed by atoms with van der Waals surface area (Å²) in [7, 11) is 0. The van der Waals surface area contributed by atoms with Gasteiger partial charge in [0.1, 0.15) is 0 Å². The van der Waals surface area contributed by atoms with Gasteiger partial charge in [0, 0.05) is 12.3 Å². The van der Waals surface area contributed by atoms with E-state index in [0.717, 1.165) is 43.6 Å². The largest absolute Gasteiger partial charge is 0.393 e. The van der Waals surface area contributed by atoms with Crippen molar-refractivity contribution in [2.24, 2.45) is 46.3 Å². The Bertz CT molecular complexity index is 736. The van der Waals surface area contributed by atoms with Gasteiger partial charge in [-0.15, -0.1) is 0 Å². The number of hydrogen-bond donors (Lipinski definition) is 1. The van der Waals surface area contributed by atoms with Crippen molar-refractivity contribution in [3.8, 4) is 0 Å². The van der Waals surface area contributed by atoms with Crippen LogP contribution < -0.4 is 0 Å². The van der Waals surface area contributed by atoms with Gasteiger partial charge in [-0.1, -0.05) is 39.3 Å². The highest BCUT2D eigenvalue weighted by molar-refractivity contribution is 5.26. The van der Waals surface area contributed by atoms with E-state index in [-0.39, 0.29) is 11.9 Å². The van der Waals surface area contributed by atoms with E-state index in [1.165, 1.54) is 38.5 Å². The monoisotopic (exact) mass is 414 g/mol. The van der Waals surface area contributed by atoms with E-state index in [4.69, 9.17) is 9.47 Å². The second-order valence-corrected chi connectivity index (χ2v) is 12.7. The molecule has 5 fully saturated rings. The van der Waals surface area contributed by atoms with Gasteiger partial charge in [-0.05, 0) is 91.8 Å². The van der Waals surface area contributed by atoms with Crippen LogP contribution in [0.3, 0.4) is 0 Å². The fourth-order valence-corrected chi connectivity index (χ4v) is 9.66. The Kier molecular flexibility index (Phi) is 4.44. The lowest BCUT2D eigenvalue weighted by Crippen LogP contribution is -2.52. The van der Waals surface area contributed by atoms with E-state index in [1.54, 1.807) is 5.57 Å². The standard InChI is InChI=1S/C27H42O3/c1-16-7-12-27(29-15-16)17(2)24-23(30-27)14-22-20-6-5-18-13-19(28)8-10-25(18,3)21(20)9-11-26(22,24)4/h5,16-17,19-24,28H,6-15H2,1-4H3/t16-,17?,19-,20?,21?,22?,23?,24?,25-,26-,27?/m0/s1. The van der Waals surface area contributed by atoms with Crippen LogP contribution in [0.15, 0.2) is 11.6 Å². The van der Waals surface area contributed by atoms with Gasteiger partial charge in [-0.3, -0.25) is 0 Å². The minimum Gasteiger partial charge on any atom is -0.393 e. The number of fused-ring (bicyclic) bond motifs is 7. The molecule has 0 aromatic heterocycles. The van der Waals surface area contributed by atoms with Crippen molar-refractivity contribution in [2.75, 3.05) is 6.61 Å². The number of ether oxygens (including phenoxy) is 2. The van der Waals surface area contributed by atoms with Crippen molar-refractivity contribution >= 4 is 0 Å². The third-order valence-electron chi connectivity index (χ3n) is 11.3. The van der Waals surface area contributed by atoms with Crippen LogP contribution in [0.25, 0.3) is 0 Å². The van der Waals surface area contributed by atoms with E-state index in [0.29, 0.717) is 34.7 Å². The Morgan fingerprint density at radius 3 is 2.63 bits per heavy atom. The van der Waals surface area contributed by atoms with Crippen LogP contribution in [0, 0.1) is 46.3 Å². The number of aliphatic hydroxyl groups excluding tert-OH is 1. The van der Waals surface area contributed by atoms with Gasteiger partial charge in [-0.2, -0.15) is 0 Å². The third-order valence-corrected chi connectivity index (χ3v) is 11.3. The summed E-state index contributed by atoms with van der Waals surface area (Å²) in [6.45, 7) is 10.8. The zero-order valence-electron chi connectivity index (χ0n) is 19.5. The Hall–Kier alpha value is -0.380. The Morgan fingerprint density at radius 2 is 1.87 bits per heavy atom. The van der Waals surface area contributed by atoms with E-state index in [1.807, 2.05) is 0 Å². The van der Waals surface area contributed by atoms with Crippen LogP contribution in [0.2, 0.25) is 0 Å². The molecule has 0 radical (unpaired) electrons. The van der Waals surface area contributed by atoms with Crippen LogP contribution in [0.5, 0.6) is 0 Å². The topological polar surface area (TPSA) is 38.7 Å². The Morgan fingerprint density at radius 1 is 1.03 bits per heavy atom. The van der Waals surface area contributed by atoms with Crippen molar-refractivity contribution in [3.63, 3.8) is 0 Å². The molecule has 11 atom stereocenters. The van der Waals surface area contributed by atoms with Gasteiger partial charge >= 0.3 is 0 Å². The molecular formula is C27H42O3. The molecule has 0 bridgehead atoms. The molecule has 168 valence electrons. The summed E-state index contributed by atoms with van der Waals surface area (Å²) in [5, 5.41) is 10.3. The quantitative estimate of drug-likeness (QED) is 0.516. The van der Waals surface area contributed by atoms with Crippen molar-refractivity contribution in [2.45, 2.75) is 103 Å². The maximum absolute atomic E-state index is 10.3. The molecule has 1 N–H and O–H groups in total. The van der Waals surface area contributed by atoms with Gasteiger partial charge < -0.3 is 14.6 Å². The average Bonchev–Trinajstić information content (AvgIpc) is 3.16.